The predicted molar refractivity (Wildman–Crippen MR) is 155 cm³/mol. The molecule has 0 radical (unpaired) electrons. The lowest BCUT2D eigenvalue weighted by Crippen LogP contribution is -2.35. The van der Waals surface area contributed by atoms with Crippen LogP contribution in [0.15, 0.2) is 72.9 Å². The van der Waals surface area contributed by atoms with Gasteiger partial charge in [-0.05, 0) is 98.8 Å². The van der Waals surface area contributed by atoms with Gasteiger partial charge in [0, 0.05) is 27.5 Å². The van der Waals surface area contributed by atoms with Crippen molar-refractivity contribution in [3.8, 4) is 0 Å². The smallest absolute Gasteiger partial charge is 0.338 e. The molecule has 0 fully saturated rings. The third kappa shape index (κ3) is 5.73. The summed E-state index contributed by atoms with van der Waals surface area (Å²) >= 11 is 12.7. The number of pyridine rings is 1. The second-order valence-corrected chi connectivity index (χ2v) is 11.6. The lowest BCUT2D eigenvalue weighted by Gasteiger charge is -2.38. The van der Waals surface area contributed by atoms with E-state index in [1.807, 2.05) is 70.2 Å². The third-order valence-electron chi connectivity index (χ3n) is 6.72. The predicted octanol–water partition coefficient (Wildman–Crippen LogP) is 8.63. The van der Waals surface area contributed by atoms with E-state index in [2.05, 4.69) is 11.9 Å². The van der Waals surface area contributed by atoms with E-state index in [1.54, 1.807) is 30.5 Å². The maximum atomic E-state index is 12.9. The van der Waals surface area contributed by atoms with Gasteiger partial charge in [0.2, 0.25) is 0 Å². The van der Waals surface area contributed by atoms with Crippen molar-refractivity contribution in [2.45, 2.75) is 64.6 Å². The van der Waals surface area contributed by atoms with Crippen LogP contribution in [-0.2, 0) is 10.3 Å². The Kier molecular flexibility index (Phi) is 8.17. The number of fused-ring (bicyclic) bond motifs is 1. The number of ether oxygens (including phenoxy) is 1. The number of esters is 1. The maximum Gasteiger partial charge on any atom is 0.338 e. The fourth-order valence-corrected chi connectivity index (χ4v) is 5.46. The lowest BCUT2D eigenvalue weighted by atomic mass is 9.70. The molecule has 38 heavy (non-hydrogen) atoms. The van der Waals surface area contributed by atoms with Gasteiger partial charge in [-0.1, -0.05) is 60.8 Å². The van der Waals surface area contributed by atoms with Crippen LogP contribution in [0.4, 0.5) is 0 Å². The van der Waals surface area contributed by atoms with Gasteiger partial charge in [-0.25, -0.2) is 4.79 Å². The number of aryl methyl sites for hydroxylation is 1. The number of benzene rings is 3. The molecule has 6 heteroatoms. The van der Waals surface area contributed by atoms with E-state index in [9.17, 15) is 9.90 Å². The first kappa shape index (κ1) is 28.1. The summed E-state index contributed by atoms with van der Waals surface area (Å²) in [5.41, 5.74) is 2.48. The molecule has 1 aromatic heterocycles. The molecule has 3 aromatic carbocycles. The first-order valence-electron chi connectivity index (χ1n) is 12.8. The van der Waals surface area contributed by atoms with Gasteiger partial charge >= 0.3 is 5.97 Å². The summed E-state index contributed by atoms with van der Waals surface area (Å²) in [6.07, 6.45) is 3.25. The van der Waals surface area contributed by atoms with E-state index in [0.29, 0.717) is 33.2 Å². The number of nitrogens with zero attached hydrogens (tertiary/aromatic N) is 1. The fraction of sp³-hybridized carbons (Fsp3) is 0.312. The Morgan fingerprint density at radius 1 is 0.974 bits per heavy atom. The summed E-state index contributed by atoms with van der Waals surface area (Å²) in [4.78, 5) is 17.2. The highest BCUT2D eigenvalue weighted by Gasteiger charge is 2.42. The van der Waals surface area contributed by atoms with Crippen molar-refractivity contribution >= 4 is 40.1 Å². The molecule has 4 nitrogen and oxygen atoms in total. The van der Waals surface area contributed by atoms with Gasteiger partial charge in [0.15, 0.2) is 0 Å². The molecule has 2 unspecified atom stereocenters. The molecule has 1 heterocycles. The van der Waals surface area contributed by atoms with E-state index in [4.69, 9.17) is 27.9 Å². The molecule has 4 rings (SSSR count). The molecule has 1 N–H and O–H groups in total. The molecule has 0 amide bonds. The van der Waals surface area contributed by atoms with Gasteiger partial charge < -0.3 is 9.84 Å². The zero-order valence-corrected chi connectivity index (χ0v) is 23.9. The van der Waals surface area contributed by atoms with Gasteiger partial charge in [0.1, 0.15) is 11.2 Å². The Labute approximate surface area is 234 Å². The quantitative estimate of drug-likeness (QED) is 0.234. The zero-order valence-electron chi connectivity index (χ0n) is 22.4. The summed E-state index contributed by atoms with van der Waals surface area (Å²) < 4.78 is 5.54. The number of carbonyl (C=O) groups excluding carboxylic acids is 1. The number of halogens is 2. The van der Waals surface area contributed by atoms with Crippen LogP contribution in [-0.4, -0.2) is 21.7 Å². The van der Waals surface area contributed by atoms with Gasteiger partial charge in [-0.15, -0.1) is 0 Å². The summed E-state index contributed by atoms with van der Waals surface area (Å²) in [6.45, 7) is 9.59. The zero-order chi connectivity index (χ0) is 27.7. The standard InChI is InChI=1S/C32H33Cl2NO3/c1-6-7-27(21-8-10-22(11-9-21)30(36)38-31(3,4)5)32(37,23-12-14-24(33)15-13-23)28-16-17-35-29-20(2)18-25(34)19-26(28)29/h8-19,27,37H,6-7H2,1-5H3. The van der Waals surface area contributed by atoms with Crippen LogP contribution in [0.25, 0.3) is 10.9 Å². The van der Waals surface area contributed by atoms with E-state index < -0.39 is 11.2 Å². The Morgan fingerprint density at radius 2 is 1.63 bits per heavy atom. The number of aliphatic hydroxyl groups is 1. The molecule has 0 bridgehead atoms. The van der Waals surface area contributed by atoms with E-state index in [-0.39, 0.29) is 11.9 Å². The molecule has 0 aliphatic rings. The van der Waals surface area contributed by atoms with E-state index in [0.717, 1.165) is 28.5 Å². The highest BCUT2D eigenvalue weighted by Crippen LogP contribution is 2.47. The minimum atomic E-state index is -1.44. The summed E-state index contributed by atoms with van der Waals surface area (Å²) in [5, 5.41) is 14.9. The third-order valence-corrected chi connectivity index (χ3v) is 7.19. The van der Waals surface area contributed by atoms with Crippen LogP contribution in [0.3, 0.4) is 0 Å². The normalized spacial score (nSPS) is 14.2. The average molecular weight is 551 g/mol. The molecule has 198 valence electrons. The van der Waals surface area contributed by atoms with Crippen LogP contribution in [0.2, 0.25) is 10.0 Å². The first-order chi connectivity index (χ1) is 17.9. The molecule has 0 aliphatic heterocycles. The van der Waals surface area contributed by atoms with Crippen molar-refractivity contribution in [2.75, 3.05) is 0 Å². The Hall–Kier alpha value is -2.92. The Bertz CT molecular complexity index is 1440. The Balaban J connectivity index is 1.93. The largest absolute Gasteiger partial charge is 0.456 e. The van der Waals surface area contributed by atoms with Crippen molar-refractivity contribution in [2.24, 2.45) is 0 Å². The van der Waals surface area contributed by atoms with Gasteiger partial charge in [-0.3, -0.25) is 4.98 Å². The van der Waals surface area contributed by atoms with E-state index in [1.165, 1.54) is 0 Å². The molecule has 0 aliphatic carbocycles. The number of carbonyl (C=O) groups is 1. The van der Waals surface area contributed by atoms with Crippen molar-refractivity contribution in [1.82, 2.24) is 4.98 Å². The van der Waals surface area contributed by atoms with Crippen LogP contribution >= 0.6 is 23.2 Å². The molecule has 2 atom stereocenters. The topological polar surface area (TPSA) is 59.4 Å². The second-order valence-electron chi connectivity index (χ2n) is 10.7. The summed E-state index contributed by atoms with van der Waals surface area (Å²) in [7, 11) is 0. The maximum absolute atomic E-state index is 12.9. The molecular weight excluding hydrogens is 517 g/mol. The van der Waals surface area contributed by atoms with Crippen molar-refractivity contribution in [3.63, 3.8) is 0 Å². The Morgan fingerprint density at radius 3 is 2.24 bits per heavy atom. The second kappa shape index (κ2) is 11.1. The van der Waals surface area contributed by atoms with Crippen molar-refractivity contribution in [3.05, 3.63) is 111 Å². The van der Waals surface area contributed by atoms with Crippen molar-refractivity contribution < 1.29 is 14.6 Å². The van der Waals surface area contributed by atoms with Crippen LogP contribution < -0.4 is 0 Å². The molecule has 4 aromatic rings. The molecular formula is C32H33Cl2NO3. The number of aromatic nitrogens is 1. The van der Waals surface area contributed by atoms with Crippen LogP contribution in [0.1, 0.15) is 79.1 Å². The fourth-order valence-electron chi connectivity index (χ4n) is 5.06. The minimum absolute atomic E-state index is 0.341. The monoisotopic (exact) mass is 549 g/mol. The highest BCUT2D eigenvalue weighted by molar-refractivity contribution is 6.31. The number of hydrogen-bond donors (Lipinski definition) is 1. The molecule has 0 saturated carbocycles. The van der Waals surface area contributed by atoms with Gasteiger partial charge in [0.05, 0.1) is 11.1 Å². The van der Waals surface area contributed by atoms with Crippen LogP contribution in [0.5, 0.6) is 0 Å². The molecule has 0 saturated heterocycles. The minimum Gasteiger partial charge on any atom is -0.456 e. The van der Waals surface area contributed by atoms with Crippen LogP contribution in [0, 0.1) is 6.92 Å². The molecule has 0 spiro atoms. The van der Waals surface area contributed by atoms with E-state index >= 15 is 0 Å². The van der Waals surface area contributed by atoms with Crippen molar-refractivity contribution in [1.29, 1.82) is 0 Å². The highest BCUT2D eigenvalue weighted by atomic mass is 35.5. The number of rotatable bonds is 7. The lowest BCUT2D eigenvalue weighted by molar-refractivity contribution is 0.00695. The number of hydrogen-bond acceptors (Lipinski definition) is 4. The van der Waals surface area contributed by atoms with Gasteiger partial charge in [-0.2, -0.15) is 0 Å². The van der Waals surface area contributed by atoms with Gasteiger partial charge in [0.25, 0.3) is 0 Å². The first-order valence-corrected chi connectivity index (χ1v) is 13.6. The average Bonchev–Trinajstić information content (AvgIpc) is 2.86. The summed E-state index contributed by atoms with van der Waals surface area (Å²) in [6, 6.07) is 20.3. The summed E-state index contributed by atoms with van der Waals surface area (Å²) in [5.74, 6) is -0.722. The SMILES string of the molecule is CCCC(c1ccc(C(=O)OC(C)(C)C)cc1)C(O)(c1ccc(Cl)cc1)c1ccnc2c(C)cc(Cl)cc12.